The molecule has 0 unspecified atom stereocenters. The van der Waals surface area contributed by atoms with E-state index < -0.39 is 11.6 Å². The SMILES string of the molecule is O=C(CN1CCN(C(=O)c2ccccc2)CC1)Nc1cc(F)cc(F)c1. The lowest BCUT2D eigenvalue weighted by Crippen LogP contribution is -2.50. The third-order valence-electron chi connectivity index (χ3n) is 4.19. The molecule has 2 aromatic rings. The van der Waals surface area contributed by atoms with E-state index in [2.05, 4.69) is 5.32 Å². The first-order valence-electron chi connectivity index (χ1n) is 8.34. The van der Waals surface area contributed by atoms with Crippen LogP contribution in [0.15, 0.2) is 48.5 Å². The second-order valence-electron chi connectivity index (χ2n) is 6.14. The molecule has 0 bridgehead atoms. The van der Waals surface area contributed by atoms with Gasteiger partial charge in [0.2, 0.25) is 5.91 Å². The first-order chi connectivity index (χ1) is 12.5. The number of benzene rings is 2. The Morgan fingerprint density at radius 2 is 1.54 bits per heavy atom. The number of amides is 2. The van der Waals surface area contributed by atoms with Crippen molar-refractivity contribution in [3.63, 3.8) is 0 Å². The van der Waals surface area contributed by atoms with Crippen molar-refractivity contribution < 1.29 is 18.4 Å². The summed E-state index contributed by atoms with van der Waals surface area (Å²) in [6.45, 7) is 2.27. The zero-order chi connectivity index (χ0) is 18.5. The van der Waals surface area contributed by atoms with E-state index in [9.17, 15) is 18.4 Å². The van der Waals surface area contributed by atoms with E-state index in [4.69, 9.17) is 0 Å². The van der Waals surface area contributed by atoms with Crippen LogP contribution in [0, 0.1) is 11.6 Å². The summed E-state index contributed by atoms with van der Waals surface area (Å²) in [7, 11) is 0. The van der Waals surface area contributed by atoms with Crippen molar-refractivity contribution >= 4 is 17.5 Å². The average Bonchev–Trinajstić information content (AvgIpc) is 2.61. The van der Waals surface area contributed by atoms with Gasteiger partial charge in [-0.15, -0.1) is 0 Å². The van der Waals surface area contributed by atoms with Crippen molar-refractivity contribution in [1.82, 2.24) is 9.80 Å². The predicted molar refractivity (Wildman–Crippen MR) is 93.8 cm³/mol. The maximum absolute atomic E-state index is 13.2. The smallest absolute Gasteiger partial charge is 0.253 e. The fourth-order valence-corrected chi connectivity index (χ4v) is 2.90. The molecule has 5 nitrogen and oxygen atoms in total. The predicted octanol–water partition coefficient (Wildman–Crippen LogP) is 2.36. The summed E-state index contributed by atoms with van der Waals surface area (Å²) in [5.74, 6) is -1.86. The molecule has 26 heavy (non-hydrogen) atoms. The van der Waals surface area contributed by atoms with Gasteiger partial charge in [0.1, 0.15) is 11.6 Å². The van der Waals surface area contributed by atoms with Gasteiger partial charge in [-0.2, -0.15) is 0 Å². The Morgan fingerprint density at radius 3 is 2.15 bits per heavy atom. The molecule has 136 valence electrons. The van der Waals surface area contributed by atoms with Gasteiger partial charge in [-0.05, 0) is 24.3 Å². The Bertz CT molecular complexity index is 770. The topological polar surface area (TPSA) is 52.7 Å². The lowest BCUT2D eigenvalue weighted by molar-refractivity contribution is -0.117. The lowest BCUT2D eigenvalue weighted by atomic mass is 10.2. The van der Waals surface area contributed by atoms with Gasteiger partial charge in [-0.3, -0.25) is 14.5 Å². The molecular formula is C19H19F2N3O2. The number of halogens is 2. The molecule has 3 rings (SSSR count). The number of hydrogen-bond donors (Lipinski definition) is 1. The number of anilines is 1. The summed E-state index contributed by atoms with van der Waals surface area (Å²) in [5.41, 5.74) is 0.734. The molecule has 1 aliphatic rings. The van der Waals surface area contributed by atoms with Gasteiger partial charge in [-0.1, -0.05) is 18.2 Å². The summed E-state index contributed by atoms with van der Waals surface area (Å²) >= 11 is 0. The van der Waals surface area contributed by atoms with Crippen LogP contribution in [-0.2, 0) is 4.79 Å². The Hall–Kier alpha value is -2.80. The van der Waals surface area contributed by atoms with Crippen LogP contribution in [0.3, 0.4) is 0 Å². The van der Waals surface area contributed by atoms with Gasteiger partial charge in [0.15, 0.2) is 0 Å². The standard InChI is InChI=1S/C19H19F2N3O2/c20-15-10-16(21)12-17(11-15)22-18(25)13-23-6-8-24(9-7-23)19(26)14-4-2-1-3-5-14/h1-5,10-12H,6-9,13H2,(H,22,25). The van der Waals surface area contributed by atoms with Gasteiger partial charge in [0, 0.05) is 43.5 Å². The van der Waals surface area contributed by atoms with Crippen molar-refractivity contribution in [1.29, 1.82) is 0 Å². The molecule has 1 N–H and O–H groups in total. The molecule has 2 aromatic carbocycles. The molecule has 0 saturated carbocycles. The van der Waals surface area contributed by atoms with Crippen molar-refractivity contribution in [3.8, 4) is 0 Å². The van der Waals surface area contributed by atoms with E-state index in [-0.39, 0.29) is 24.0 Å². The largest absolute Gasteiger partial charge is 0.336 e. The normalized spacial score (nSPS) is 14.9. The third-order valence-corrected chi connectivity index (χ3v) is 4.19. The Balaban J connectivity index is 1.49. The van der Waals surface area contributed by atoms with Crippen LogP contribution in [-0.4, -0.2) is 54.3 Å². The van der Waals surface area contributed by atoms with Crippen LogP contribution in [0.1, 0.15) is 10.4 Å². The third kappa shape index (κ3) is 4.64. The Morgan fingerprint density at radius 1 is 0.923 bits per heavy atom. The first-order valence-corrected chi connectivity index (χ1v) is 8.34. The van der Waals surface area contributed by atoms with Crippen molar-refractivity contribution in [3.05, 3.63) is 65.7 Å². The second kappa shape index (κ2) is 8.05. The maximum Gasteiger partial charge on any atom is 0.253 e. The summed E-state index contributed by atoms with van der Waals surface area (Å²) in [6.07, 6.45) is 0. The van der Waals surface area contributed by atoms with Crippen LogP contribution in [0.2, 0.25) is 0 Å². The highest BCUT2D eigenvalue weighted by molar-refractivity contribution is 5.94. The van der Waals surface area contributed by atoms with Crippen LogP contribution in [0.5, 0.6) is 0 Å². The average molecular weight is 359 g/mol. The fourth-order valence-electron chi connectivity index (χ4n) is 2.90. The molecule has 0 spiro atoms. The summed E-state index contributed by atoms with van der Waals surface area (Å²) in [4.78, 5) is 28.1. The van der Waals surface area contributed by atoms with E-state index in [1.807, 2.05) is 23.1 Å². The quantitative estimate of drug-likeness (QED) is 0.912. The monoisotopic (exact) mass is 359 g/mol. The summed E-state index contributed by atoms with van der Waals surface area (Å²) < 4.78 is 26.3. The molecule has 7 heteroatoms. The fraction of sp³-hybridized carbons (Fsp3) is 0.263. The molecular weight excluding hydrogens is 340 g/mol. The molecule has 0 atom stereocenters. The van der Waals surface area contributed by atoms with Crippen LogP contribution in [0.4, 0.5) is 14.5 Å². The minimum absolute atomic E-state index is 0.0232. The Kier molecular flexibility index (Phi) is 5.58. The molecule has 1 saturated heterocycles. The number of rotatable bonds is 4. The number of nitrogens with one attached hydrogen (secondary N) is 1. The van der Waals surface area contributed by atoms with Crippen molar-refractivity contribution in [2.24, 2.45) is 0 Å². The van der Waals surface area contributed by atoms with Crippen molar-refractivity contribution in [2.75, 3.05) is 38.0 Å². The summed E-state index contributed by atoms with van der Waals surface area (Å²) in [5, 5.41) is 2.49. The van der Waals surface area contributed by atoms with Gasteiger partial charge in [-0.25, -0.2) is 8.78 Å². The number of hydrogen-bond acceptors (Lipinski definition) is 3. The molecule has 2 amide bonds. The van der Waals surface area contributed by atoms with Gasteiger partial charge >= 0.3 is 0 Å². The van der Waals surface area contributed by atoms with Crippen LogP contribution in [0.25, 0.3) is 0 Å². The van der Waals surface area contributed by atoms with Gasteiger partial charge < -0.3 is 10.2 Å². The number of piperazine rings is 1. The second-order valence-corrected chi connectivity index (χ2v) is 6.14. The number of carbonyl (C=O) groups is 2. The highest BCUT2D eigenvalue weighted by Gasteiger charge is 2.23. The molecule has 0 aromatic heterocycles. The van der Waals surface area contributed by atoms with Gasteiger partial charge in [0.05, 0.1) is 6.54 Å². The molecule has 1 fully saturated rings. The number of nitrogens with zero attached hydrogens (tertiary/aromatic N) is 2. The molecule has 1 heterocycles. The van der Waals surface area contributed by atoms with E-state index >= 15 is 0 Å². The minimum Gasteiger partial charge on any atom is -0.336 e. The number of carbonyl (C=O) groups excluding carboxylic acids is 2. The van der Waals surface area contributed by atoms with Crippen molar-refractivity contribution in [2.45, 2.75) is 0 Å². The van der Waals surface area contributed by atoms with E-state index in [1.54, 1.807) is 17.0 Å². The highest BCUT2D eigenvalue weighted by atomic mass is 19.1. The molecule has 1 aliphatic heterocycles. The Labute approximate surface area is 150 Å². The maximum atomic E-state index is 13.2. The molecule has 0 aliphatic carbocycles. The minimum atomic E-state index is -0.742. The zero-order valence-corrected chi connectivity index (χ0v) is 14.1. The zero-order valence-electron chi connectivity index (χ0n) is 14.1. The first kappa shape index (κ1) is 18.0. The van der Waals surface area contributed by atoms with E-state index in [1.165, 1.54) is 0 Å². The van der Waals surface area contributed by atoms with E-state index in [0.717, 1.165) is 18.2 Å². The molecule has 0 radical (unpaired) electrons. The summed E-state index contributed by atoms with van der Waals surface area (Å²) in [6, 6.07) is 11.9. The van der Waals surface area contributed by atoms with Crippen LogP contribution >= 0.6 is 0 Å². The van der Waals surface area contributed by atoms with Crippen LogP contribution < -0.4 is 5.32 Å². The highest BCUT2D eigenvalue weighted by Crippen LogP contribution is 2.13. The lowest BCUT2D eigenvalue weighted by Gasteiger charge is -2.34. The van der Waals surface area contributed by atoms with Gasteiger partial charge in [0.25, 0.3) is 5.91 Å². The van der Waals surface area contributed by atoms with E-state index in [0.29, 0.717) is 31.7 Å².